The van der Waals surface area contributed by atoms with Gasteiger partial charge in [-0.1, -0.05) is 29.8 Å². The molecule has 0 aromatic heterocycles. The van der Waals surface area contributed by atoms with Crippen molar-refractivity contribution in [1.82, 2.24) is 5.32 Å². The molecule has 1 aromatic carbocycles. The van der Waals surface area contributed by atoms with Crippen LogP contribution in [0.5, 0.6) is 0 Å². The van der Waals surface area contributed by atoms with Crippen molar-refractivity contribution in [1.29, 1.82) is 0 Å². The molecule has 4 heteroatoms. The number of amides is 1. The van der Waals surface area contributed by atoms with Gasteiger partial charge in [-0.25, -0.2) is 0 Å². The van der Waals surface area contributed by atoms with Crippen molar-refractivity contribution in [2.75, 3.05) is 18.4 Å². The van der Waals surface area contributed by atoms with E-state index in [-0.39, 0.29) is 5.91 Å². The van der Waals surface area contributed by atoms with Gasteiger partial charge in [-0.05, 0) is 43.1 Å². The Kier molecular flexibility index (Phi) is 6.36. The molecule has 2 N–H and O–H groups in total. The van der Waals surface area contributed by atoms with Gasteiger partial charge >= 0.3 is 0 Å². The molecule has 0 bridgehead atoms. The van der Waals surface area contributed by atoms with Gasteiger partial charge in [0.15, 0.2) is 0 Å². The molecule has 0 aliphatic rings. The maximum atomic E-state index is 11.7. The molecule has 100 valence electrons. The van der Waals surface area contributed by atoms with Gasteiger partial charge in [-0.3, -0.25) is 4.79 Å². The minimum absolute atomic E-state index is 0.0491. The number of anilines is 1. The number of hydrogen-bond donors (Lipinski definition) is 2. The molecule has 1 rings (SSSR count). The van der Waals surface area contributed by atoms with Gasteiger partial charge in [0.05, 0.1) is 0 Å². The summed E-state index contributed by atoms with van der Waals surface area (Å²) in [6.45, 7) is 7.98. The quantitative estimate of drug-likeness (QED) is 0.791. The predicted octanol–water partition coefficient (Wildman–Crippen LogP) is 3.33. The molecule has 0 heterocycles. The van der Waals surface area contributed by atoms with E-state index < -0.39 is 0 Å². The standard InChI is InChI=1S/C14H21BrN2O/c1-10(2)9-16-7-6-14(18)17-12-4-5-13(15)11(3)8-12/h4-5,8,10,16H,6-7,9H2,1-3H3,(H,17,18). The van der Waals surface area contributed by atoms with Crippen LogP contribution >= 0.6 is 15.9 Å². The first-order valence-corrected chi connectivity index (χ1v) is 7.05. The third-order valence-corrected chi connectivity index (χ3v) is 3.41. The number of carbonyl (C=O) groups excluding carboxylic acids is 1. The molecule has 0 fully saturated rings. The Labute approximate surface area is 117 Å². The molecule has 0 atom stereocenters. The van der Waals surface area contributed by atoms with Crippen LogP contribution in [-0.2, 0) is 4.79 Å². The SMILES string of the molecule is Cc1cc(NC(=O)CCNCC(C)C)ccc1Br. The number of aryl methyl sites for hydroxylation is 1. The van der Waals surface area contributed by atoms with Gasteiger partial charge in [0.1, 0.15) is 0 Å². The second-order valence-electron chi connectivity index (χ2n) is 4.86. The van der Waals surface area contributed by atoms with Crippen LogP contribution in [0, 0.1) is 12.8 Å². The van der Waals surface area contributed by atoms with Crippen LogP contribution in [0.1, 0.15) is 25.8 Å². The van der Waals surface area contributed by atoms with Crippen molar-refractivity contribution >= 4 is 27.5 Å². The molecule has 1 aromatic rings. The summed E-state index contributed by atoms with van der Waals surface area (Å²) in [6.07, 6.45) is 0.502. The zero-order valence-electron chi connectivity index (χ0n) is 11.2. The fraction of sp³-hybridized carbons (Fsp3) is 0.500. The van der Waals surface area contributed by atoms with E-state index in [0.717, 1.165) is 28.8 Å². The normalized spacial score (nSPS) is 10.7. The number of nitrogens with one attached hydrogen (secondary N) is 2. The van der Waals surface area contributed by atoms with E-state index in [1.54, 1.807) is 0 Å². The van der Waals surface area contributed by atoms with Gasteiger partial charge in [0, 0.05) is 23.1 Å². The second kappa shape index (κ2) is 7.54. The lowest BCUT2D eigenvalue weighted by atomic mass is 10.2. The number of carbonyl (C=O) groups is 1. The Balaban J connectivity index is 2.33. The highest BCUT2D eigenvalue weighted by Crippen LogP contribution is 2.19. The largest absolute Gasteiger partial charge is 0.326 e. The summed E-state index contributed by atoms with van der Waals surface area (Å²) >= 11 is 3.44. The Bertz CT molecular complexity index is 405. The molecule has 0 spiro atoms. The summed E-state index contributed by atoms with van der Waals surface area (Å²) in [6, 6.07) is 5.81. The fourth-order valence-corrected chi connectivity index (χ4v) is 1.79. The lowest BCUT2D eigenvalue weighted by Gasteiger charge is -2.09. The van der Waals surface area contributed by atoms with E-state index in [9.17, 15) is 4.79 Å². The molecule has 0 aliphatic carbocycles. The first kappa shape index (κ1) is 15.2. The van der Waals surface area contributed by atoms with Crippen molar-refractivity contribution in [2.24, 2.45) is 5.92 Å². The Hall–Kier alpha value is -0.870. The van der Waals surface area contributed by atoms with Crippen LogP contribution in [0.15, 0.2) is 22.7 Å². The lowest BCUT2D eigenvalue weighted by Crippen LogP contribution is -2.24. The number of benzene rings is 1. The van der Waals surface area contributed by atoms with E-state index in [0.29, 0.717) is 12.3 Å². The summed E-state index contributed by atoms with van der Waals surface area (Å²) in [5, 5.41) is 6.15. The molecule has 18 heavy (non-hydrogen) atoms. The number of halogens is 1. The predicted molar refractivity (Wildman–Crippen MR) is 79.8 cm³/mol. The van der Waals surface area contributed by atoms with Crippen LogP contribution in [-0.4, -0.2) is 19.0 Å². The van der Waals surface area contributed by atoms with E-state index in [1.165, 1.54) is 0 Å². The van der Waals surface area contributed by atoms with Crippen molar-refractivity contribution in [3.05, 3.63) is 28.2 Å². The van der Waals surface area contributed by atoms with Crippen LogP contribution < -0.4 is 10.6 Å². The lowest BCUT2D eigenvalue weighted by molar-refractivity contribution is -0.116. The highest BCUT2D eigenvalue weighted by Gasteiger charge is 2.03. The molecule has 0 saturated heterocycles. The van der Waals surface area contributed by atoms with Crippen molar-refractivity contribution in [3.8, 4) is 0 Å². The first-order valence-electron chi connectivity index (χ1n) is 6.25. The molecule has 0 aliphatic heterocycles. The molecule has 3 nitrogen and oxygen atoms in total. The smallest absolute Gasteiger partial charge is 0.225 e. The van der Waals surface area contributed by atoms with E-state index in [4.69, 9.17) is 0 Å². The molecule has 1 amide bonds. The highest BCUT2D eigenvalue weighted by atomic mass is 79.9. The summed E-state index contributed by atoms with van der Waals surface area (Å²) in [7, 11) is 0. The van der Waals surface area contributed by atoms with Crippen LogP contribution in [0.3, 0.4) is 0 Å². The number of hydrogen-bond acceptors (Lipinski definition) is 2. The third kappa shape index (κ3) is 5.65. The van der Waals surface area contributed by atoms with Crippen molar-refractivity contribution in [3.63, 3.8) is 0 Å². The summed E-state index contributed by atoms with van der Waals surface area (Å²) < 4.78 is 1.05. The Morgan fingerprint density at radius 1 is 1.39 bits per heavy atom. The monoisotopic (exact) mass is 312 g/mol. The fourth-order valence-electron chi connectivity index (χ4n) is 1.54. The number of rotatable bonds is 6. The zero-order chi connectivity index (χ0) is 13.5. The van der Waals surface area contributed by atoms with E-state index in [2.05, 4.69) is 40.4 Å². The second-order valence-corrected chi connectivity index (χ2v) is 5.71. The Morgan fingerprint density at radius 3 is 2.72 bits per heavy atom. The Morgan fingerprint density at radius 2 is 2.11 bits per heavy atom. The average molecular weight is 313 g/mol. The minimum Gasteiger partial charge on any atom is -0.326 e. The van der Waals surface area contributed by atoms with Gasteiger partial charge in [-0.2, -0.15) is 0 Å². The average Bonchev–Trinajstić information content (AvgIpc) is 2.29. The van der Waals surface area contributed by atoms with Crippen LogP contribution in [0.25, 0.3) is 0 Å². The maximum absolute atomic E-state index is 11.7. The van der Waals surface area contributed by atoms with Crippen molar-refractivity contribution < 1.29 is 4.79 Å². The van der Waals surface area contributed by atoms with E-state index in [1.807, 2.05) is 25.1 Å². The molecule has 0 radical (unpaired) electrons. The zero-order valence-corrected chi connectivity index (χ0v) is 12.8. The van der Waals surface area contributed by atoms with Gasteiger partial charge in [0.2, 0.25) is 5.91 Å². The molecular weight excluding hydrogens is 292 g/mol. The van der Waals surface area contributed by atoms with Crippen LogP contribution in [0.4, 0.5) is 5.69 Å². The molecule has 0 saturated carbocycles. The first-order chi connectivity index (χ1) is 8.49. The third-order valence-electron chi connectivity index (χ3n) is 2.52. The molecular formula is C14H21BrN2O. The summed E-state index contributed by atoms with van der Waals surface area (Å²) in [5.74, 6) is 0.662. The highest BCUT2D eigenvalue weighted by molar-refractivity contribution is 9.10. The summed E-state index contributed by atoms with van der Waals surface area (Å²) in [5.41, 5.74) is 1.97. The van der Waals surface area contributed by atoms with Crippen molar-refractivity contribution in [2.45, 2.75) is 27.2 Å². The topological polar surface area (TPSA) is 41.1 Å². The minimum atomic E-state index is 0.0491. The van der Waals surface area contributed by atoms with E-state index >= 15 is 0 Å². The van der Waals surface area contributed by atoms with Crippen LogP contribution in [0.2, 0.25) is 0 Å². The van der Waals surface area contributed by atoms with Gasteiger partial charge in [0.25, 0.3) is 0 Å². The molecule has 0 unspecified atom stereocenters. The van der Waals surface area contributed by atoms with Gasteiger partial charge in [-0.15, -0.1) is 0 Å². The summed E-state index contributed by atoms with van der Waals surface area (Å²) in [4.78, 5) is 11.7. The van der Waals surface area contributed by atoms with Gasteiger partial charge < -0.3 is 10.6 Å². The maximum Gasteiger partial charge on any atom is 0.225 e.